The molecule has 3 rings (SSSR count). The van der Waals surface area contributed by atoms with Crippen molar-refractivity contribution in [1.29, 1.82) is 0 Å². The minimum absolute atomic E-state index is 0.717. The Bertz CT molecular complexity index is 599. The first-order valence-corrected chi connectivity index (χ1v) is 9.52. The molecule has 1 unspecified atom stereocenters. The van der Waals surface area contributed by atoms with E-state index in [0.717, 1.165) is 69.5 Å². The number of hydrogen-bond acceptors (Lipinski definition) is 5. The SMILES string of the molecule is CN=C(NCc1cnc(N(C)C)n1C)N1CCN(CC2CCOC2)CC1. The van der Waals surface area contributed by atoms with Gasteiger partial charge in [0.2, 0.25) is 5.95 Å². The molecule has 2 saturated heterocycles. The highest BCUT2D eigenvalue weighted by Crippen LogP contribution is 2.15. The molecule has 1 aromatic heterocycles. The molecule has 2 fully saturated rings. The Morgan fingerprint density at radius 2 is 2.12 bits per heavy atom. The number of aliphatic imine (C=N–C) groups is 1. The van der Waals surface area contributed by atoms with Crippen LogP contribution in [-0.4, -0.2) is 92.4 Å². The number of imidazole rings is 1. The molecule has 1 atom stereocenters. The van der Waals surface area contributed by atoms with Crippen LogP contribution >= 0.6 is 0 Å². The van der Waals surface area contributed by atoms with Crippen molar-refractivity contribution in [3.63, 3.8) is 0 Å². The molecule has 2 aliphatic rings. The summed E-state index contributed by atoms with van der Waals surface area (Å²) < 4.78 is 7.61. The van der Waals surface area contributed by atoms with Crippen LogP contribution in [0.4, 0.5) is 5.95 Å². The third-order valence-electron chi connectivity index (χ3n) is 5.31. The van der Waals surface area contributed by atoms with Gasteiger partial charge in [-0.1, -0.05) is 0 Å². The van der Waals surface area contributed by atoms with Gasteiger partial charge in [0.25, 0.3) is 0 Å². The van der Waals surface area contributed by atoms with Crippen molar-refractivity contribution in [2.45, 2.75) is 13.0 Å². The summed E-state index contributed by atoms with van der Waals surface area (Å²) in [5, 5.41) is 3.49. The smallest absolute Gasteiger partial charge is 0.204 e. The lowest BCUT2D eigenvalue weighted by molar-refractivity contribution is 0.139. The maximum atomic E-state index is 5.50. The zero-order valence-electron chi connectivity index (χ0n) is 16.6. The minimum Gasteiger partial charge on any atom is -0.381 e. The van der Waals surface area contributed by atoms with Gasteiger partial charge in [0, 0.05) is 67.5 Å². The van der Waals surface area contributed by atoms with Crippen molar-refractivity contribution in [2.24, 2.45) is 18.0 Å². The molecule has 0 aromatic carbocycles. The quantitative estimate of drug-likeness (QED) is 0.596. The Labute approximate surface area is 156 Å². The van der Waals surface area contributed by atoms with E-state index in [1.807, 2.05) is 39.3 Å². The second-order valence-corrected chi connectivity index (χ2v) is 7.42. The summed E-state index contributed by atoms with van der Waals surface area (Å²) in [5.74, 6) is 2.65. The molecule has 0 saturated carbocycles. The number of rotatable bonds is 5. The van der Waals surface area contributed by atoms with E-state index in [4.69, 9.17) is 4.74 Å². The van der Waals surface area contributed by atoms with Gasteiger partial charge in [-0.3, -0.25) is 9.89 Å². The molecular weight excluding hydrogens is 330 g/mol. The Hall–Kier alpha value is -1.80. The first kappa shape index (κ1) is 19.0. The first-order valence-electron chi connectivity index (χ1n) is 9.52. The van der Waals surface area contributed by atoms with Crippen molar-refractivity contribution in [3.8, 4) is 0 Å². The van der Waals surface area contributed by atoms with Gasteiger partial charge in [0.1, 0.15) is 0 Å². The predicted molar refractivity (Wildman–Crippen MR) is 105 cm³/mol. The largest absolute Gasteiger partial charge is 0.381 e. The second-order valence-electron chi connectivity index (χ2n) is 7.42. The topological polar surface area (TPSA) is 61.2 Å². The van der Waals surface area contributed by atoms with Gasteiger partial charge in [-0.25, -0.2) is 4.98 Å². The van der Waals surface area contributed by atoms with Crippen molar-refractivity contribution in [3.05, 3.63) is 11.9 Å². The average Bonchev–Trinajstić information content (AvgIpc) is 3.27. The molecule has 0 amide bonds. The number of piperazine rings is 1. The predicted octanol–water partition coefficient (Wildman–Crippen LogP) is 0.216. The van der Waals surface area contributed by atoms with Crippen molar-refractivity contribution in [2.75, 3.05) is 72.0 Å². The normalized spacial score (nSPS) is 22.1. The molecule has 0 spiro atoms. The third kappa shape index (κ3) is 4.48. The van der Waals surface area contributed by atoms with Gasteiger partial charge in [0.05, 0.1) is 25.0 Å². The molecule has 0 bridgehead atoms. The lowest BCUT2D eigenvalue weighted by Gasteiger charge is -2.37. The standard InChI is InChI=1S/C18H33N7O/c1-19-17(20-11-16-12-21-18(22(2)3)23(16)4)25-8-6-24(7-9-25)13-15-5-10-26-14-15/h12,15H,5-11,13-14H2,1-4H3,(H,19,20). The highest BCUT2D eigenvalue weighted by Gasteiger charge is 2.24. The van der Waals surface area contributed by atoms with E-state index >= 15 is 0 Å². The number of hydrogen-bond donors (Lipinski definition) is 1. The van der Waals surface area contributed by atoms with E-state index in [2.05, 4.69) is 29.7 Å². The third-order valence-corrected chi connectivity index (χ3v) is 5.31. The molecule has 146 valence electrons. The summed E-state index contributed by atoms with van der Waals surface area (Å²) in [6, 6.07) is 0. The summed E-state index contributed by atoms with van der Waals surface area (Å²) in [7, 11) is 7.93. The van der Waals surface area contributed by atoms with Gasteiger partial charge in [0.15, 0.2) is 5.96 Å². The summed E-state index contributed by atoms with van der Waals surface area (Å²) in [6.07, 6.45) is 3.14. The Morgan fingerprint density at radius 1 is 1.35 bits per heavy atom. The summed E-state index contributed by atoms with van der Waals surface area (Å²) in [4.78, 5) is 15.9. The molecule has 3 heterocycles. The van der Waals surface area contributed by atoms with Crippen molar-refractivity contribution in [1.82, 2.24) is 24.7 Å². The first-order chi connectivity index (χ1) is 12.6. The fraction of sp³-hybridized carbons (Fsp3) is 0.778. The molecule has 1 N–H and O–H groups in total. The van der Waals surface area contributed by atoms with Gasteiger partial charge in [-0.15, -0.1) is 0 Å². The molecule has 0 radical (unpaired) electrons. The fourth-order valence-electron chi connectivity index (χ4n) is 3.75. The zero-order valence-corrected chi connectivity index (χ0v) is 16.6. The van der Waals surface area contributed by atoms with E-state index in [1.165, 1.54) is 13.0 Å². The van der Waals surface area contributed by atoms with E-state index in [9.17, 15) is 0 Å². The molecule has 26 heavy (non-hydrogen) atoms. The number of ether oxygens (including phenoxy) is 1. The van der Waals surface area contributed by atoms with Crippen LogP contribution in [0.1, 0.15) is 12.1 Å². The Kier molecular flexibility index (Phi) is 6.37. The number of aromatic nitrogens is 2. The van der Waals surface area contributed by atoms with Crippen molar-refractivity contribution >= 4 is 11.9 Å². The van der Waals surface area contributed by atoms with Crippen LogP contribution in [0, 0.1) is 5.92 Å². The van der Waals surface area contributed by atoms with Gasteiger partial charge >= 0.3 is 0 Å². The minimum atomic E-state index is 0.717. The van der Waals surface area contributed by atoms with Crippen LogP contribution in [-0.2, 0) is 18.3 Å². The maximum absolute atomic E-state index is 5.50. The number of nitrogens with zero attached hydrogens (tertiary/aromatic N) is 6. The van der Waals surface area contributed by atoms with Gasteiger partial charge in [-0.05, 0) is 12.3 Å². The highest BCUT2D eigenvalue weighted by atomic mass is 16.5. The summed E-state index contributed by atoms with van der Waals surface area (Å²) in [5.41, 5.74) is 1.15. The van der Waals surface area contributed by atoms with E-state index in [-0.39, 0.29) is 0 Å². The molecule has 0 aliphatic carbocycles. The van der Waals surface area contributed by atoms with Crippen LogP contribution in [0.15, 0.2) is 11.2 Å². The zero-order chi connectivity index (χ0) is 18.5. The lowest BCUT2D eigenvalue weighted by Crippen LogP contribution is -2.53. The van der Waals surface area contributed by atoms with Gasteiger partial charge < -0.3 is 24.4 Å². The van der Waals surface area contributed by atoms with Crippen LogP contribution in [0.3, 0.4) is 0 Å². The average molecular weight is 364 g/mol. The van der Waals surface area contributed by atoms with Crippen LogP contribution in [0.2, 0.25) is 0 Å². The summed E-state index contributed by atoms with van der Waals surface area (Å²) in [6.45, 7) is 7.98. The van der Waals surface area contributed by atoms with E-state index < -0.39 is 0 Å². The monoisotopic (exact) mass is 363 g/mol. The fourth-order valence-corrected chi connectivity index (χ4v) is 3.75. The number of nitrogens with one attached hydrogen (secondary N) is 1. The van der Waals surface area contributed by atoms with Crippen LogP contribution < -0.4 is 10.2 Å². The second kappa shape index (κ2) is 8.73. The van der Waals surface area contributed by atoms with Gasteiger partial charge in [-0.2, -0.15) is 0 Å². The van der Waals surface area contributed by atoms with Crippen molar-refractivity contribution < 1.29 is 4.74 Å². The highest BCUT2D eigenvalue weighted by molar-refractivity contribution is 5.80. The Balaban J connectivity index is 1.47. The number of anilines is 1. The molecule has 8 heteroatoms. The van der Waals surface area contributed by atoms with Crippen LogP contribution in [0.5, 0.6) is 0 Å². The summed E-state index contributed by atoms with van der Waals surface area (Å²) >= 11 is 0. The molecule has 1 aromatic rings. The maximum Gasteiger partial charge on any atom is 0.204 e. The van der Waals surface area contributed by atoms with E-state index in [0.29, 0.717) is 0 Å². The van der Waals surface area contributed by atoms with E-state index in [1.54, 1.807) is 0 Å². The molecular formula is C18H33N7O. The Morgan fingerprint density at radius 3 is 2.69 bits per heavy atom. The lowest BCUT2D eigenvalue weighted by atomic mass is 10.1. The van der Waals surface area contributed by atoms with Crippen LogP contribution in [0.25, 0.3) is 0 Å². The number of guanidine groups is 1. The molecule has 2 aliphatic heterocycles. The molecule has 8 nitrogen and oxygen atoms in total.